The van der Waals surface area contributed by atoms with E-state index in [1.807, 2.05) is 5.32 Å². The number of rotatable bonds is 3. The highest BCUT2D eigenvalue weighted by atomic mass is 16.4. The number of carbonyl (C=O) groups excluding carboxylic acids is 1. The third kappa shape index (κ3) is 1.60. The van der Waals surface area contributed by atoms with Gasteiger partial charge in [-0.15, -0.1) is 0 Å². The Hall–Kier alpha value is -1.80. The Kier molecular flexibility index (Phi) is 2.56. The number of aliphatic hydroxyl groups excluding tert-OH is 1. The van der Waals surface area contributed by atoms with E-state index in [0.717, 1.165) is 6.92 Å². The van der Waals surface area contributed by atoms with Crippen molar-refractivity contribution in [2.45, 2.75) is 18.6 Å². The van der Waals surface area contributed by atoms with Crippen LogP contribution in [-0.4, -0.2) is 50.6 Å². The van der Waals surface area contributed by atoms with Crippen LogP contribution in [0.15, 0.2) is 4.99 Å². The molecule has 0 spiro atoms. The molecule has 1 rings (SSSR count). The van der Waals surface area contributed by atoms with Crippen molar-refractivity contribution in [1.82, 2.24) is 5.32 Å². The summed E-state index contributed by atoms with van der Waals surface area (Å²) in [7, 11) is 0. The van der Waals surface area contributed by atoms with Crippen molar-refractivity contribution in [1.29, 1.82) is 5.41 Å². The molecule has 1 amide bonds. The number of hydrogen-bond acceptors (Lipinski definition) is 5. The van der Waals surface area contributed by atoms with Crippen LogP contribution in [0.2, 0.25) is 0 Å². The molecular formula is C7H9N3O5. The predicted molar refractivity (Wildman–Crippen MR) is 47.6 cm³/mol. The molecule has 5 N–H and O–H groups in total. The minimum absolute atomic E-state index is 0.574. The second-order valence-electron chi connectivity index (χ2n) is 3.01. The zero-order valence-corrected chi connectivity index (χ0v) is 7.68. The number of hydrogen-bond donors (Lipinski definition) is 5. The van der Waals surface area contributed by atoms with Crippen LogP contribution < -0.4 is 5.32 Å². The molecule has 0 saturated carbocycles. The van der Waals surface area contributed by atoms with Gasteiger partial charge in [-0.2, -0.15) is 0 Å². The maximum atomic E-state index is 11.1. The second kappa shape index (κ2) is 3.41. The smallest absolute Gasteiger partial charge is 0.345 e. The Morgan fingerprint density at radius 2 is 2.20 bits per heavy atom. The van der Waals surface area contributed by atoms with Crippen molar-refractivity contribution in [2.24, 2.45) is 4.99 Å². The number of aliphatic hydroxyl groups is 2. The Bertz CT molecular complexity index is 375. The molecule has 8 heteroatoms. The van der Waals surface area contributed by atoms with Gasteiger partial charge in [0.1, 0.15) is 0 Å². The molecule has 0 fully saturated rings. The van der Waals surface area contributed by atoms with Crippen molar-refractivity contribution >= 4 is 23.5 Å². The fourth-order valence-electron chi connectivity index (χ4n) is 1.09. The number of aliphatic imine (C=N–C) groups is 1. The monoisotopic (exact) mass is 215 g/mol. The lowest BCUT2D eigenvalue weighted by molar-refractivity contribution is -0.160. The molecule has 0 bridgehead atoms. The molecule has 1 heterocycles. The van der Waals surface area contributed by atoms with E-state index in [9.17, 15) is 14.7 Å². The summed E-state index contributed by atoms with van der Waals surface area (Å²) in [4.78, 5) is 25.1. The van der Waals surface area contributed by atoms with Gasteiger partial charge in [0.25, 0.3) is 5.91 Å². The van der Waals surface area contributed by atoms with E-state index >= 15 is 0 Å². The maximum absolute atomic E-state index is 11.1. The van der Waals surface area contributed by atoms with Crippen LogP contribution in [0.4, 0.5) is 0 Å². The van der Waals surface area contributed by atoms with Crippen molar-refractivity contribution in [2.75, 3.05) is 0 Å². The molecule has 0 aromatic heterocycles. The summed E-state index contributed by atoms with van der Waals surface area (Å²) in [5.41, 5.74) is -3.60. The Labute approximate surface area is 83.8 Å². The first-order valence-electron chi connectivity index (χ1n) is 3.93. The Balaban J connectivity index is 3.23. The lowest BCUT2D eigenvalue weighted by Gasteiger charge is -2.24. The number of nitrogens with one attached hydrogen (secondary N) is 2. The van der Waals surface area contributed by atoms with Gasteiger partial charge in [-0.1, -0.05) is 0 Å². The van der Waals surface area contributed by atoms with Gasteiger partial charge in [0.05, 0.1) is 6.10 Å². The van der Waals surface area contributed by atoms with Crippen molar-refractivity contribution in [3.63, 3.8) is 0 Å². The van der Waals surface area contributed by atoms with Gasteiger partial charge in [-0.25, -0.2) is 9.79 Å². The van der Waals surface area contributed by atoms with Gasteiger partial charge in [0.15, 0.2) is 5.71 Å². The molecular weight excluding hydrogens is 206 g/mol. The maximum Gasteiger partial charge on any atom is 0.345 e. The van der Waals surface area contributed by atoms with Crippen LogP contribution in [-0.2, 0) is 9.59 Å². The number of amides is 1. The SMILES string of the molecule is CC(O)C(O)(C(=O)O)C1=NC(=N)NC1=O. The highest BCUT2D eigenvalue weighted by Crippen LogP contribution is 2.16. The number of aliphatic carboxylic acids is 1. The summed E-state index contributed by atoms with van der Waals surface area (Å²) in [6.07, 6.45) is -1.73. The molecule has 0 aromatic rings. The molecule has 0 aliphatic carbocycles. The number of carboxylic acid groups (broad SMARTS) is 1. The molecule has 0 saturated heterocycles. The van der Waals surface area contributed by atoms with Crippen LogP contribution in [0.25, 0.3) is 0 Å². The molecule has 2 unspecified atom stereocenters. The highest BCUT2D eigenvalue weighted by Gasteiger charge is 2.51. The molecule has 15 heavy (non-hydrogen) atoms. The molecule has 1 aliphatic heterocycles. The third-order valence-corrected chi connectivity index (χ3v) is 1.96. The first-order valence-corrected chi connectivity index (χ1v) is 3.93. The molecule has 0 aromatic carbocycles. The summed E-state index contributed by atoms with van der Waals surface area (Å²) < 4.78 is 0. The van der Waals surface area contributed by atoms with E-state index in [4.69, 9.17) is 15.6 Å². The van der Waals surface area contributed by atoms with Crippen LogP contribution in [0.3, 0.4) is 0 Å². The summed E-state index contributed by atoms with van der Waals surface area (Å²) in [5.74, 6) is -3.39. The van der Waals surface area contributed by atoms with Crippen LogP contribution in [0.1, 0.15) is 6.92 Å². The van der Waals surface area contributed by atoms with Crippen LogP contribution in [0, 0.1) is 5.41 Å². The summed E-state index contributed by atoms with van der Waals surface area (Å²) in [6, 6.07) is 0. The zero-order chi connectivity index (χ0) is 11.8. The number of carbonyl (C=O) groups is 2. The van der Waals surface area contributed by atoms with Crippen LogP contribution in [0.5, 0.6) is 0 Å². The fourth-order valence-corrected chi connectivity index (χ4v) is 1.09. The van der Waals surface area contributed by atoms with E-state index in [1.165, 1.54) is 0 Å². The van der Waals surface area contributed by atoms with Gasteiger partial charge in [-0.3, -0.25) is 15.5 Å². The number of guanidine groups is 1. The quantitative estimate of drug-likeness (QED) is 0.359. The standard InChI is InChI=1S/C7H9N3O5/c1-2(11)7(15,5(13)14)3-4(12)10-6(8)9-3/h2,11,15H,1H3,(H,13,14)(H2,8,10,12). The molecule has 0 radical (unpaired) electrons. The van der Waals surface area contributed by atoms with Gasteiger partial charge in [0.2, 0.25) is 11.6 Å². The van der Waals surface area contributed by atoms with Gasteiger partial charge in [-0.05, 0) is 6.92 Å². The zero-order valence-electron chi connectivity index (χ0n) is 7.68. The predicted octanol–water partition coefficient (Wildman–Crippen LogP) is -2.31. The summed E-state index contributed by atoms with van der Waals surface area (Å²) >= 11 is 0. The average Bonchev–Trinajstić information content (AvgIpc) is 2.43. The Morgan fingerprint density at radius 1 is 1.67 bits per heavy atom. The number of carboxylic acids is 1. The third-order valence-electron chi connectivity index (χ3n) is 1.96. The minimum atomic E-state index is -2.80. The fraction of sp³-hybridized carbons (Fsp3) is 0.429. The first-order chi connectivity index (χ1) is 6.80. The van der Waals surface area contributed by atoms with E-state index in [0.29, 0.717) is 0 Å². The Morgan fingerprint density at radius 3 is 2.47 bits per heavy atom. The molecule has 2 atom stereocenters. The van der Waals surface area contributed by atoms with E-state index in [2.05, 4.69) is 4.99 Å². The van der Waals surface area contributed by atoms with E-state index in [-0.39, 0.29) is 0 Å². The van der Waals surface area contributed by atoms with Crippen molar-refractivity contribution < 1.29 is 24.9 Å². The normalized spacial score (nSPS) is 21.7. The second-order valence-corrected chi connectivity index (χ2v) is 3.01. The van der Waals surface area contributed by atoms with Crippen LogP contribution >= 0.6 is 0 Å². The topological polar surface area (TPSA) is 143 Å². The molecule has 82 valence electrons. The highest BCUT2D eigenvalue weighted by molar-refractivity contribution is 6.52. The average molecular weight is 215 g/mol. The van der Waals surface area contributed by atoms with Gasteiger partial charge < -0.3 is 15.3 Å². The van der Waals surface area contributed by atoms with Gasteiger partial charge >= 0.3 is 5.97 Å². The summed E-state index contributed by atoms with van der Waals surface area (Å²) in [5, 5.41) is 36.3. The molecule has 8 nitrogen and oxygen atoms in total. The van der Waals surface area contributed by atoms with Crippen molar-refractivity contribution in [3.05, 3.63) is 0 Å². The number of nitrogens with zero attached hydrogens (tertiary/aromatic N) is 1. The first kappa shape index (κ1) is 11.3. The van der Waals surface area contributed by atoms with E-state index < -0.39 is 35.3 Å². The van der Waals surface area contributed by atoms with Crippen molar-refractivity contribution in [3.8, 4) is 0 Å². The lowest BCUT2D eigenvalue weighted by Crippen LogP contribution is -2.57. The minimum Gasteiger partial charge on any atom is -0.479 e. The largest absolute Gasteiger partial charge is 0.479 e. The summed E-state index contributed by atoms with van der Waals surface area (Å²) in [6.45, 7) is 1.01. The molecule has 1 aliphatic rings. The van der Waals surface area contributed by atoms with E-state index in [1.54, 1.807) is 0 Å². The lowest BCUT2D eigenvalue weighted by atomic mass is 9.91. The van der Waals surface area contributed by atoms with Gasteiger partial charge in [0, 0.05) is 0 Å².